The molecular weight excluding hydrogens is 383 g/mol. The molecule has 1 saturated heterocycles. The topological polar surface area (TPSA) is 47.7 Å². The van der Waals surface area contributed by atoms with Crippen LogP contribution in [0.2, 0.25) is 0 Å². The molecule has 0 N–H and O–H groups in total. The van der Waals surface area contributed by atoms with Gasteiger partial charge in [0, 0.05) is 23.9 Å². The Morgan fingerprint density at radius 3 is 2.73 bits per heavy atom. The molecule has 0 radical (unpaired) electrons. The maximum absolute atomic E-state index is 13.4. The lowest BCUT2D eigenvalue weighted by atomic mass is 9.91. The van der Waals surface area contributed by atoms with Crippen molar-refractivity contribution in [3.63, 3.8) is 0 Å². The van der Waals surface area contributed by atoms with Gasteiger partial charge >= 0.3 is 0 Å². The van der Waals surface area contributed by atoms with Crippen LogP contribution in [0.3, 0.4) is 0 Å². The molecule has 0 unspecified atom stereocenters. The second-order valence-electron chi connectivity index (χ2n) is 7.86. The number of aryl methyl sites for hydroxylation is 1. The van der Waals surface area contributed by atoms with Crippen LogP contribution in [0, 0.1) is 5.82 Å². The van der Waals surface area contributed by atoms with Gasteiger partial charge in [-0.05, 0) is 68.6 Å². The number of benzene rings is 2. The number of ether oxygens (including phenoxy) is 2. The number of piperidine rings is 1. The normalized spacial score (nSPS) is 15.6. The molecule has 0 amide bonds. The van der Waals surface area contributed by atoms with Crippen molar-refractivity contribution in [1.29, 1.82) is 0 Å². The van der Waals surface area contributed by atoms with Gasteiger partial charge in [0.05, 0.1) is 19.4 Å². The largest absolute Gasteiger partial charge is 0.493 e. The van der Waals surface area contributed by atoms with Crippen molar-refractivity contribution in [1.82, 2.24) is 10.1 Å². The van der Waals surface area contributed by atoms with E-state index in [9.17, 15) is 4.39 Å². The van der Waals surface area contributed by atoms with E-state index in [4.69, 9.17) is 14.0 Å². The van der Waals surface area contributed by atoms with Crippen molar-refractivity contribution in [3.8, 4) is 11.5 Å². The summed E-state index contributed by atoms with van der Waals surface area (Å²) >= 11 is 0. The molecule has 0 aliphatic carbocycles. The fourth-order valence-electron chi connectivity index (χ4n) is 4.18. The van der Waals surface area contributed by atoms with Gasteiger partial charge in [-0.2, -0.15) is 0 Å². The molecule has 1 aromatic heterocycles. The molecule has 1 aliphatic heterocycles. The summed E-state index contributed by atoms with van der Waals surface area (Å²) in [6.45, 7) is 5.85. The second kappa shape index (κ2) is 9.47. The quantitative estimate of drug-likeness (QED) is 0.477. The Balaban J connectivity index is 1.24. The van der Waals surface area contributed by atoms with Crippen molar-refractivity contribution in [2.45, 2.75) is 38.5 Å². The molecule has 1 fully saturated rings. The van der Waals surface area contributed by atoms with Crippen molar-refractivity contribution in [2.75, 3.05) is 33.4 Å². The van der Waals surface area contributed by atoms with Gasteiger partial charge in [-0.1, -0.05) is 18.1 Å². The van der Waals surface area contributed by atoms with Crippen LogP contribution in [0.5, 0.6) is 11.5 Å². The zero-order chi connectivity index (χ0) is 20.9. The Morgan fingerprint density at radius 2 is 1.97 bits per heavy atom. The van der Waals surface area contributed by atoms with Gasteiger partial charge < -0.3 is 18.9 Å². The Bertz CT molecular complexity index is 980. The molecule has 0 atom stereocenters. The molecule has 160 valence electrons. The first kappa shape index (κ1) is 20.7. The van der Waals surface area contributed by atoms with Crippen LogP contribution >= 0.6 is 0 Å². The second-order valence-corrected chi connectivity index (χ2v) is 7.86. The first-order valence-corrected chi connectivity index (χ1v) is 10.7. The first-order chi connectivity index (χ1) is 14.7. The molecule has 0 saturated carbocycles. The number of aromatic nitrogens is 1. The number of methoxy groups -OCH3 is 1. The molecule has 0 spiro atoms. The van der Waals surface area contributed by atoms with Gasteiger partial charge in [0.25, 0.3) is 0 Å². The lowest BCUT2D eigenvalue weighted by molar-refractivity contribution is 0.189. The van der Waals surface area contributed by atoms with Crippen LogP contribution in [0.25, 0.3) is 11.0 Å². The fraction of sp³-hybridized carbons (Fsp3) is 0.458. The van der Waals surface area contributed by atoms with Crippen LogP contribution in [-0.4, -0.2) is 43.4 Å². The van der Waals surface area contributed by atoms with E-state index in [-0.39, 0.29) is 5.82 Å². The summed E-state index contributed by atoms with van der Waals surface area (Å²) in [7, 11) is 1.68. The molecule has 4 rings (SSSR count). The van der Waals surface area contributed by atoms with Gasteiger partial charge in [-0.25, -0.2) is 4.39 Å². The molecular formula is C24H29FN2O3. The number of fused-ring (bicyclic) bond motifs is 1. The highest BCUT2D eigenvalue weighted by Crippen LogP contribution is 2.33. The van der Waals surface area contributed by atoms with E-state index >= 15 is 0 Å². The number of halogens is 1. The summed E-state index contributed by atoms with van der Waals surface area (Å²) in [6.07, 6.45) is 4.02. The monoisotopic (exact) mass is 412 g/mol. The third-order valence-corrected chi connectivity index (χ3v) is 5.95. The Morgan fingerprint density at radius 1 is 1.13 bits per heavy atom. The Labute approximate surface area is 176 Å². The average Bonchev–Trinajstić information content (AvgIpc) is 3.20. The lowest BCUT2D eigenvalue weighted by Crippen LogP contribution is -2.34. The molecule has 5 nitrogen and oxygen atoms in total. The van der Waals surface area contributed by atoms with Crippen LogP contribution in [0.1, 0.15) is 43.4 Å². The predicted octanol–water partition coefficient (Wildman–Crippen LogP) is 5.19. The molecule has 1 aliphatic rings. The van der Waals surface area contributed by atoms with Gasteiger partial charge in [-0.15, -0.1) is 0 Å². The van der Waals surface area contributed by atoms with E-state index in [0.717, 1.165) is 67.9 Å². The predicted molar refractivity (Wildman–Crippen MR) is 115 cm³/mol. The summed E-state index contributed by atoms with van der Waals surface area (Å²) in [5.74, 6) is 1.68. The maximum atomic E-state index is 13.4. The SMILES string of the molecule is CCc1ccc(OCCCN2CCC(c3noc4cc(F)ccc34)CC2)c(OC)c1. The minimum Gasteiger partial charge on any atom is -0.493 e. The van der Waals surface area contributed by atoms with E-state index < -0.39 is 0 Å². The highest BCUT2D eigenvalue weighted by atomic mass is 19.1. The van der Waals surface area contributed by atoms with Gasteiger partial charge in [0.2, 0.25) is 0 Å². The molecule has 0 bridgehead atoms. The summed E-state index contributed by atoms with van der Waals surface area (Å²) < 4.78 is 30.1. The van der Waals surface area contributed by atoms with Crippen molar-refractivity contribution < 1.29 is 18.4 Å². The van der Waals surface area contributed by atoms with Gasteiger partial charge in [0.15, 0.2) is 17.1 Å². The van der Waals surface area contributed by atoms with Crippen LogP contribution in [0.15, 0.2) is 40.9 Å². The first-order valence-electron chi connectivity index (χ1n) is 10.7. The number of hydrogen-bond donors (Lipinski definition) is 0. The van der Waals surface area contributed by atoms with Crippen molar-refractivity contribution >= 4 is 11.0 Å². The molecule has 30 heavy (non-hydrogen) atoms. The minimum atomic E-state index is -0.291. The van der Waals surface area contributed by atoms with E-state index in [0.29, 0.717) is 18.1 Å². The third kappa shape index (κ3) is 4.59. The number of rotatable bonds is 8. The highest BCUT2D eigenvalue weighted by Gasteiger charge is 2.25. The summed E-state index contributed by atoms with van der Waals surface area (Å²) in [4.78, 5) is 2.47. The van der Waals surface area contributed by atoms with Crippen LogP contribution in [-0.2, 0) is 6.42 Å². The average molecular weight is 413 g/mol. The van der Waals surface area contributed by atoms with E-state index in [1.54, 1.807) is 13.2 Å². The standard InChI is InChI=1S/C24H29FN2O3/c1-3-17-5-8-21(23(15-17)28-2)29-14-4-11-27-12-9-18(10-13-27)24-20-7-6-19(25)16-22(20)30-26-24/h5-8,15-16,18H,3-4,9-14H2,1-2H3. The third-order valence-electron chi connectivity index (χ3n) is 5.95. The fourth-order valence-corrected chi connectivity index (χ4v) is 4.18. The van der Waals surface area contributed by atoms with Crippen molar-refractivity contribution in [2.24, 2.45) is 0 Å². The molecule has 2 aromatic carbocycles. The Hall–Kier alpha value is -2.60. The van der Waals surface area contributed by atoms with Crippen molar-refractivity contribution in [3.05, 3.63) is 53.5 Å². The van der Waals surface area contributed by atoms with E-state index in [1.165, 1.54) is 17.7 Å². The minimum absolute atomic E-state index is 0.291. The van der Waals surface area contributed by atoms with Crippen LogP contribution in [0.4, 0.5) is 4.39 Å². The van der Waals surface area contributed by atoms with Gasteiger partial charge in [0.1, 0.15) is 5.82 Å². The van der Waals surface area contributed by atoms with Crippen LogP contribution < -0.4 is 9.47 Å². The molecule has 2 heterocycles. The number of hydrogen-bond acceptors (Lipinski definition) is 5. The number of nitrogens with zero attached hydrogens (tertiary/aromatic N) is 2. The van der Waals surface area contributed by atoms with E-state index in [2.05, 4.69) is 23.0 Å². The molecule has 3 aromatic rings. The smallest absolute Gasteiger partial charge is 0.170 e. The number of likely N-dealkylation sites (tertiary alicyclic amines) is 1. The summed E-state index contributed by atoms with van der Waals surface area (Å²) in [6, 6.07) is 10.8. The zero-order valence-electron chi connectivity index (χ0n) is 17.7. The van der Waals surface area contributed by atoms with E-state index in [1.807, 2.05) is 12.1 Å². The lowest BCUT2D eigenvalue weighted by Gasteiger charge is -2.31. The highest BCUT2D eigenvalue weighted by molar-refractivity contribution is 5.79. The summed E-state index contributed by atoms with van der Waals surface area (Å²) in [5, 5.41) is 5.17. The summed E-state index contributed by atoms with van der Waals surface area (Å²) in [5.41, 5.74) is 2.75. The molecule has 6 heteroatoms. The Kier molecular flexibility index (Phi) is 6.53. The van der Waals surface area contributed by atoms with Gasteiger partial charge in [-0.3, -0.25) is 0 Å². The maximum Gasteiger partial charge on any atom is 0.170 e. The zero-order valence-corrected chi connectivity index (χ0v) is 17.7.